The van der Waals surface area contributed by atoms with E-state index in [0.29, 0.717) is 18.1 Å². The van der Waals surface area contributed by atoms with E-state index in [1.54, 1.807) is 0 Å². The third kappa shape index (κ3) is 5.25. The predicted molar refractivity (Wildman–Crippen MR) is 86.9 cm³/mol. The molecule has 5 nitrogen and oxygen atoms in total. The van der Waals surface area contributed by atoms with Gasteiger partial charge in [0, 0.05) is 25.2 Å². The van der Waals surface area contributed by atoms with E-state index in [1.807, 2.05) is 13.2 Å². The van der Waals surface area contributed by atoms with Crippen LogP contribution < -0.4 is 22.1 Å². The number of nitrogens with two attached hydrogens (primary N) is 2. The molecule has 1 aliphatic carbocycles. The molecule has 1 saturated carbocycles. The van der Waals surface area contributed by atoms with Gasteiger partial charge >= 0.3 is 0 Å². The molecule has 5 heteroatoms. The van der Waals surface area contributed by atoms with Crippen LogP contribution in [0, 0.1) is 5.92 Å². The molecule has 2 rings (SSSR count). The molecule has 3 unspecified atom stereocenters. The van der Waals surface area contributed by atoms with Crippen molar-refractivity contribution in [1.29, 1.82) is 0 Å². The third-order valence-electron chi connectivity index (χ3n) is 4.90. The minimum absolute atomic E-state index is 0.159. The summed E-state index contributed by atoms with van der Waals surface area (Å²) < 4.78 is 6.09. The van der Waals surface area contributed by atoms with Gasteiger partial charge in [0.2, 0.25) is 0 Å². The molecule has 1 saturated heterocycles. The first-order chi connectivity index (χ1) is 10.2. The smallest absolute Gasteiger partial charge is 0.0638 e. The van der Waals surface area contributed by atoms with Crippen LogP contribution in [-0.2, 0) is 4.74 Å². The molecule has 0 spiro atoms. The minimum atomic E-state index is 0.159. The predicted octanol–water partition coefficient (Wildman–Crippen LogP) is 0.702. The largest absolute Gasteiger partial charge is 0.394 e. The van der Waals surface area contributed by atoms with Gasteiger partial charge in [-0.3, -0.25) is 0 Å². The molecule has 2 fully saturated rings. The van der Waals surface area contributed by atoms with Crippen LogP contribution in [0.5, 0.6) is 0 Å². The van der Waals surface area contributed by atoms with Gasteiger partial charge in [-0.15, -0.1) is 0 Å². The highest BCUT2D eigenvalue weighted by molar-refractivity contribution is 4.95. The maximum absolute atomic E-state index is 6.19. The number of piperidine rings is 1. The van der Waals surface area contributed by atoms with E-state index in [2.05, 4.69) is 16.7 Å². The second-order valence-electron chi connectivity index (χ2n) is 6.46. The lowest BCUT2D eigenvalue weighted by Gasteiger charge is -2.34. The first-order valence-electron chi connectivity index (χ1n) is 8.40. The van der Waals surface area contributed by atoms with Crippen molar-refractivity contribution >= 4 is 0 Å². The fourth-order valence-electron chi connectivity index (χ4n) is 3.40. The van der Waals surface area contributed by atoms with Gasteiger partial charge < -0.3 is 26.8 Å². The van der Waals surface area contributed by atoms with Crippen molar-refractivity contribution in [2.75, 3.05) is 20.2 Å². The zero-order valence-electron chi connectivity index (χ0n) is 13.3. The first-order valence-corrected chi connectivity index (χ1v) is 8.40. The molecule has 0 radical (unpaired) electrons. The summed E-state index contributed by atoms with van der Waals surface area (Å²) in [4.78, 5) is 0. The summed E-state index contributed by atoms with van der Waals surface area (Å²) in [5, 5.41) is 6.48. The number of hydrogen-bond donors (Lipinski definition) is 4. The van der Waals surface area contributed by atoms with Crippen molar-refractivity contribution in [2.24, 2.45) is 17.4 Å². The summed E-state index contributed by atoms with van der Waals surface area (Å²) in [6, 6.07) is 0.735. The lowest BCUT2D eigenvalue weighted by molar-refractivity contribution is -0.000150. The van der Waals surface area contributed by atoms with Gasteiger partial charge in [-0.25, -0.2) is 0 Å². The van der Waals surface area contributed by atoms with Crippen LogP contribution in [0.15, 0.2) is 12.3 Å². The second-order valence-corrected chi connectivity index (χ2v) is 6.46. The summed E-state index contributed by atoms with van der Waals surface area (Å²) in [5.41, 5.74) is 12.3. The molecule has 122 valence electrons. The van der Waals surface area contributed by atoms with Gasteiger partial charge in [0.15, 0.2) is 0 Å². The zero-order valence-corrected chi connectivity index (χ0v) is 13.3. The minimum Gasteiger partial charge on any atom is -0.394 e. The van der Waals surface area contributed by atoms with E-state index in [4.69, 9.17) is 16.2 Å². The van der Waals surface area contributed by atoms with Crippen LogP contribution in [-0.4, -0.2) is 44.4 Å². The molecule has 1 aliphatic heterocycles. The van der Waals surface area contributed by atoms with Crippen molar-refractivity contribution < 1.29 is 4.74 Å². The van der Waals surface area contributed by atoms with Gasteiger partial charge in [-0.1, -0.05) is 6.08 Å². The van der Waals surface area contributed by atoms with Crippen LogP contribution in [0.1, 0.15) is 38.5 Å². The van der Waals surface area contributed by atoms with Crippen LogP contribution >= 0.6 is 0 Å². The number of rotatable bonds is 6. The van der Waals surface area contributed by atoms with Crippen LogP contribution in [0.25, 0.3) is 0 Å². The van der Waals surface area contributed by atoms with E-state index in [-0.39, 0.29) is 12.1 Å². The monoisotopic (exact) mass is 296 g/mol. The SMILES string of the molecule is CN/C=C\C(N)C1CCC(OCC2NCCCC2N)CC1. The summed E-state index contributed by atoms with van der Waals surface area (Å²) >= 11 is 0. The fourth-order valence-corrected chi connectivity index (χ4v) is 3.40. The van der Waals surface area contributed by atoms with Crippen molar-refractivity contribution in [3.05, 3.63) is 12.3 Å². The number of hydrogen-bond acceptors (Lipinski definition) is 5. The molecule has 1 heterocycles. The molecular formula is C16H32N4O. The molecule has 2 aliphatic rings. The van der Waals surface area contributed by atoms with Crippen LogP contribution in [0.3, 0.4) is 0 Å². The Bertz CT molecular complexity index is 315. The summed E-state index contributed by atoms with van der Waals surface area (Å²) in [5.74, 6) is 0.588. The van der Waals surface area contributed by atoms with E-state index >= 15 is 0 Å². The summed E-state index contributed by atoms with van der Waals surface area (Å²) in [6.45, 7) is 1.82. The van der Waals surface area contributed by atoms with Crippen molar-refractivity contribution in [3.63, 3.8) is 0 Å². The number of ether oxygens (including phenoxy) is 1. The Morgan fingerprint density at radius 1 is 1.29 bits per heavy atom. The lowest BCUT2D eigenvalue weighted by Crippen LogP contribution is -2.52. The standard InChI is InChI=1S/C16H32N4O/c1-19-10-8-14(17)12-4-6-13(7-5-12)21-11-16-15(18)3-2-9-20-16/h8,10,12-16,19-20H,2-7,9,11,17-18H2,1H3/b10-8-. The molecule has 0 aromatic rings. The lowest BCUT2D eigenvalue weighted by atomic mass is 9.83. The zero-order chi connectivity index (χ0) is 15.1. The van der Waals surface area contributed by atoms with Crippen molar-refractivity contribution in [3.8, 4) is 0 Å². The highest BCUT2D eigenvalue weighted by atomic mass is 16.5. The Morgan fingerprint density at radius 3 is 2.71 bits per heavy atom. The Balaban J connectivity index is 1.65. The highest BCUT2D eigenvalue weighted by Crippen LogP contribution is 2.28. The number of nitrogens with one attached hydrogen (secondary N) is 2. The van der Waals surface area contributed by atoms with Gasteiger partial charge in [-0.05, 0) is 57.2 Å². The molecule has 0 amide bonds. The molecule has 3 atom stereocenters. The van der Waals surface area contributed by atoms with E-state index in [1.165, 1.54) is 6.42 Å². The Hall–Kier alpha value is -0.620. The summed E-state index contributed by atoms with van der Waals surface area (Å²) in [6.07, 6.45) is 11.2. The van der Waals surface area contributed by atoms with Crippen LogP contribution in [0.4, 0.5) is 0 Å². The quantitative estimate of drug-likeness (QED) is 0.580. The normalized spacial score (nSPS) is 35.8. The van der Waals surface area contributed by atoms with Crippen LogP contribution in [0.2, 0.25) is 0 Å². The van der Waals surface area contributed by atoms with Gasteiger partial charge in [0.1, 0.15) is 0 Å². The van der Waals surface area contributed by atoms with E-state index < -0.39 is 0 Å². The van der Waals surface area contributed by atoms with Crippen molar-refractivity contribution in [1.82, 2.24) is 10.6 Å². The van der Waals surface area contributed by atoms with Gasteiger partial charge in [-0.2, -0.15) is 0 Å². The highest BCUT2D eigenvalue weighted by Gasteiger charge is 2.27. The average molecular weight is 296 g/mol. The molecular weight excluding hydrogens is 264 g/mol. The van der Waals surface area contributed by atoms with Gasteiger partial charge in [0.25, 0.3) is 0 Å². The summed E-state index contributed by atoms with van der Waals surface area (Å²) in [7, 11) is 1.90. The second kappa shape index (κ2) is 8.73. The molecule has 0 aromatic carbocycles. The maximum atomic E-state index is 6.19. The van der Waals surface area contributed by atoms with E-state index in [0.717, 1.165) is 45.3 Å². The Morgan fingerprint density at radius 2 is 2.05 bits per heavy atom. The topological polar surface area (TPSA) is 85.3 Å². The Labute approximate surface area is 128 Å². The fraction of sp³-hybridized carbons (Fsp3) is 0.875. The first kappa shape index (κ1) is 16.7. The van der Waals surface area contributed by atoms with Crippen molar-refractivity contribution in [2.45, 2.75) is 62.8 Å². The molecule has 0 aromatic heterocycles. The molecule has 21 heavy (non-hydrogen) atoms. The third-order valence-corrected chi connectivity index (χ3v) is 4.90. The Kier molecular flexibility index (Phi) is 6.96. The van der Waals surface area contributed by atoms with Gasteiger partial charge in [0.05, 0.1) is 12.7 Å². The average Bonchev–Trinajstić information content (AvgIpc) is 2.52. The molecule has 6 N–H and O–H groups in total. The molecule has 0 bridgehead atoms. The maximum Gasteiger partial charge on any atom is 0.0638 e. The van der Waals surface area contributed by atoms with E-state index in [9.17, 15) is 0 Å².